The summed E-state index contributed by atoms with van der Waals surface area (Å²) in [5, 5.41) is 11.1. The number of nitrogens with zero attached hydrogens (tertiary/aromatic N) is 6. The third kappa shape index (κ3) is 4.57. The molecule has 0 unspecified atom stereocenters. The van der Waals surface area contributed by atoms with E-state index >= 15 is 0 Å². The maximum atomic E-state index is 13.1. The fourth-order valence-electron chi connectivity index (χ4n) is 4.71. The van der Waals surface area contributed by atoms with Gasteiger partial charge in [0.25, 0.3) is 5.56 Å². The van der Waals surface area contributed by atoms with Crippen molar-refractivity contribution >= 4 is 39.6 Å². The van der Waals surface area contributed by atoms with E-state index in [-0.39, 0.29) is 29.2 Å². The first-order chi connectivity index (χ1) is 17.7. The number of nitrogens with one attached hydrogen (secondary N) is 3. The smallest absolute Gasteiger partial charge is 0.329 e. The molecule has 1 aliphatic rings. The molecular weight excluding hydrogens is 474 g/mol. The zero-order valence-corrected chi connectivity index (χ0v) is 20.8. The molecule has 0 bridgehead atoms. The average Bonchev–Trinajstić information content (AvgIpc) is 2.88. The van der Waals surface area contributed by atoms with Gasteiger partial charge >= 0.3 is 5.69 Å². The third-order valence-electron chi connectivity index (χ3n) is 6.56. The van der Waals surface area contributed by atoms with Crippen molar-refractivity contribution in [1.82, 2.24) is 34.4 Å². The van der Waals surface area contributed by atoms with Crippen LogP contribution in [-0.4, -0.2) is 59.2 Å². The molecule has 5 heterocycles. The Bertz CT molecular complexity index is 1630. The molecule has 3 N–H and O–H groups in total. The first-order valence-electron chi connectivity index (χ1n) is 12.1. The Balaban J connectivity index is 1.61. The number of carbonyl (C=O) groups is 1. The van der Waals surface area contributed by atoms with Crippen molar-refractivity contribution in [1.29, 1.82) is 5.41 Å². The lowest BCUT2D eigenvalue weighted by Gasteiger charge is -2.35. The quantitative estimate of drug-likeness (QED) is 0.218. The molecule has 1 saturated heterocycles. The molecule has 0 saturated carbocycles. The number of carbonyl (C=O) groups excluding carboxylic acids is 1. The largest absolute Gasteiger partial charge is 0.360 e. The predicted octanol–water partition coefficient (Wildman–Crippen LogP) is 2.32. The summed E-state index contributed by atoms with van der Waals surface area (Å²) in [6.07, 6.45) is 5.87. The molecule has 5 rings (SSSR count). The number of pyridine rings is 2. The number of anilines is 1. The molecule has 190 valence electrons. The van der Waals surface area contributed by atoms with Crippen molar-refractivity contribution in [2.45, 2.75) is 39.7 Å². The fourth-order valence-corrected chi connectivity index (χ4v) is 4.71. The third-order valence-corrected chi connectivity index (χ3v) is 6.56. The summed E-state index contributed by atoms with van der Waals surface area (Å²) >= 11 is 0. The maximum absolute atomic E-state index is 13.1. The van der Waals surface area contributed by atoms with Gasteiger partial charge < -0.3 is 4.90 Å². The first kappa shape index (κ1) is 24.2. The average molecular weight is 502 g/mol. The highest BCUT2D eigenvalue weighted by atomic mass is 16.2. The first-order valence-corrected chi connectivity index (χ1v) is 12.1. The Morgan fingerprint density at radius 1 is 1.11 bits per heavy atom. The van der Waals surface area contributed by atoms with Crippen molar-refractivity contribution in [2.24, 2.45) is 5.92 Å². The zero-order chi connectivity index (χ0) is 26.3. The van der Waals surface area contributed by atoms with Gasteiger partial charge in [0.2, 0.25) is 11.9 Å². The lowest BCUT2D eigenvalue weighted by molar-refractivity contribution is -0.114. The van der Waals surface area contributed by atoms with Crippen LogP contribution in [0.4, 0.5) is 5.95 Å². The summed E-state index contributed by atoms with van der Waals surface area (Å²) < 4.78 is 1.63. The number of aromatic nitrogens is 6. The van der Waals surface area contributed by atoms with Gasteiger partial charge in [-0.3, -0.25) is 34.9 Å². The van der Waals surface area contributed by atoms with Crippen LogP contribution in [-0.2, 0) is 4.79 Å². The van der Waals surface area contributed by atoms with Gasteiger partial charge in [-0.05, 0) is 25.0 Å². The van der Waals surface area contributed by atoms with Gasteiger partial charge in [0, 0.05) is 56.1 Å². The van der Waals surface area contributed by atoms with Gasteiger partial charge in [0.05, 0.1) is 27.9 Å². The minimum absolute atomic E-state index is 0.127. The van der Waals surface area contributed by atoms with Crippen LogP contribution in [0.1, 0.15) is 39.7 Å². The fraction of sp³-hybridized carbons (Fsp3) is 0.360. The molecule has 4 aromatic rings. The Morgan fingerprint density at radius 2 is 1.81 bits per heavy atom. The number of piperidine rings is 1. The van der Waals surface area contributed by atoms with Crippen molar-refractivity contribution in [3.05, 3.63) is 51.6 Å². The van der Waals surface area contributed by atoms with Gasteiger partial charge in [-0.15, -0.1) is 0 Å². The summed E-state index contributed by atoms with van der Waals surface area (Å²) in [6.45, 7) is 6.66. The van der Waals surface area contributed by atoms with Crippen molar-refractivity contribution in [3.63, 3.8) is 0 Å². The van der Waals surface area contributed by atoms with Crippen LogP contribution in [0.5, 0.6) is 0 Å². The second-order valence-corrected chi connectivity index (χ2v) is 9.45. The molecule has 1 fully saturated rings. The van der Waals surface area contributed by atoms with E-state index in [2.05, 4.69) is 25.3 Å². The van der Waals surface area contributed by atoms with Crippen LogP contribution in [0.3, 0.4) is 0 Å². The van der Waals surface area contributed by atoms with E-state index in [1.165, 1.54) is 13.1 Å². The topological polar surface area (TPSA) is 163 Å². The van der Waals surface area contributed by atoms with Crippen LogP contribution < -0.4 is 16.6 Å². The Labute approximate surface area is 211 Å². The molecule has 12 nitrogen and oxygen atoms in total. The van der Waals surface area contributed by atoms with Crippen LogP contribution in [0.2, 0.25) is 0 Å². The number of H-pyrrole nitrogens is 1. The number of rotatable bonds is 4. The zero-order valence-electron chi connectivity index (χ0n) is 20.8. The molecule has 1 aliphatic heterocycles. The number of amides is 1. The molecule has 0 spiro atoms. The highest BCUT2D eigenvalue weighted by molar-refractivity contribution is 6.01. The lowest BCUT2D eigenvalue weighted by atomic mass is 10.0. The van der Waals surface area contributed by atoms with Gasteiger partial charge in [-0.25, -0.2) is 19.7 Å². The molecule has 37 heavy (non-hydrogen) atoms. The number of fused-ring (bicyclic) bond motifs is 3. The molecule has 1 amide bonds. The predicted molar refractivity (Wildman–Crippen MR) is 140 cm³/mol. The van der Waals surface area contributed by atoms with Crippen molar-refractivity contribution in [3.8, 4) is 11.3 Å². The van der Waals surface area contributed by atoms with Gasteiger partial charge in [-0.2, -0.15) is 0 Å². The molecule has 0 aromatic carbocycles. The Hall–Kier alpha value is -4.48. The van der Waals surface area contributed by atoms with Crippen LogP contribution in [0.25, 0.3) is 33.2 Å². The standard InChI is InChI=1S/C25H27N9O3/c1-13(2)22(26)33-8-6-16(7-9-33)34-21-17(23(36)32-25(34)37)12-27-19-5-4-18(31-20(19)21)15-10-28-24(29-11-15)30-14(3)35/h4-5,10-13,16,26H,6-9H2,1-3H3,(H,32,36,37)(H,28,29,30,35). The van der Waals surface area contributed by atoms with E-state index < -0.39 is 11.2 Å². The summed E-state index contributed by atoms with van der Waals surface area (Å²) in [5.41, 5.74) is 1.56. The van der Waals surface area contributed by atoms with E-state index in [1.807, 2.05) is 18.7 Å². The van der Waals surface area contributed by atoms with E-state index in [9.17, 15) is 14.4 Å². The number of likely N-dealkylation sites (tertiary alicyclic amines) is 1. The highest BCUT2D eigenvalue weighted by Crippen LogP contribution is 2.29. The second kappa shape index (κ2) is 9.52. The van der Waals surface area contributed by atoms with E-state index in [1.54, 1.807) is 29.1 Å². The summed E-state index contributed by atoms with van der Waals surface area (Å²) in [5.74, 6) is 0.623. The summed E-state index contributed by atoms with van der Waals surface area (Å²) in [6, 6.07) is 3.38. The minimum Gasteiger partial charge on any atom is -0.360 e. The van der Waals surface area contributed by atoms with Crippen LogP contribution >= 0.6 is 0 Å². The number of amidine groups is 1. The molecular formula is C25H27N9O3. The van der Waals surface area contributed by atoms with E-state index in [0.29, 0.717) is 59.6 Å². The number of hydrogen-bond acceptors (Lipinski definition) is 8. The number of hydrogen-bond donors (Lipinski definition) is 3. The minimum atomic E-state index is -0.514. The van der Waals surface area contributed by atoms with Crippen molar-refractivity contribution in [2.75, 3.05) is 18.4 Å². The monoisotopic (exact) mass is 501 g/mol. The van der Waals surface area contributed by atoms with Crippen molar-refractivity contribution < 1.29 is 4.79 Å². The normalized spacial score (nSPS) is 14.4. The van der Waals surface area contributed by atoms with E-state index in [0.717, 1.165) is 0 Å². The van der Waals surface area contributed by atoms with Gasteiger partial charge in [-0.1, -0.05) is 13.8 Å². The lowest BCUT2D eigenvalue weighted by Crippen LogP contribution is -2.43. The van der Waals surface area contributed by atoms with Crippen LogP contribution in [0, 0.1) is 11.3 Å². The van der Waals surface area contributed by atoms with E-state index in [4.69, 9.17) is 10.4 Å². The molecule has 0 radical (unpaired) electrons. The Morgan fingerprint density at radius 3 is 2.46 bits per heavy atom. The molecule has 12 heteroatoms. The van der Waals surface area contributed by atoms with Crippen LogP contribution in [0.15, 0.2) is 40.3 Å². The molecule has 0 atom stereocenters. The SMILES string of the molecule is CC(=O)Nc1ncc(-c2ccc3ncc4c(=O)[nH]c(=O)n(C5CCN(C(=N)C(C)C)CC5)c4c3n2)cn1. The van der Waals surface area contributed by atoms with Gasteiger partial charge in [0.15, 0.2) is 0 Å². The van der Waals surface area contributed by atoms with Gasteiger partial charge in [0.1, 0.15) is 5.52 Å². The summed E-state index contributed by atoms with van der Waals surface area (Å²) in [7, 11) is 0. The molecule has 0 aliphatic carbocycles. The highest BCUT2D eigenvalue weighted by Gasteiger charge is 2.26. The number of aromatic amines is 1. The summed E-state index contributed by atoms with van der Waals surface area (Å²) in [4.78, 5) is 59.1. The second-order valence-electron chi connectivity index (χ2n) is 9.45. The Kier molecular flexibility index (Phi) is 6.24. The molecule has 4 aromatic heterocycles. The maximum Gasteiger partial charge on any atom is 0.329 e.